The van der Waals surface area contributed by atoms with Gasteiger partial charge in [0.1, 0.15) is 5.75 Å². The smallest absolute Gasteiger partial charge is 0.253 e. The molecule has 16 heavy (non-hydrogen) atoms. The quantitative estimate of drug-likeness (QED) is 0.807. The highest BCUT2D eigenvalue weighted by molar-refractivity contribution is 5.94. The molecular formula is C12H17NO3. The van der Waals surface area contributed by atoms with Gasteiger partial charge >= 0.3 is 0 Å². The molecular weight excluding hydrogens is 206 g/mol. The Morgan fingerprint density at radius 1 is 1.50 bits per heavy atom. The van der Waals surface area contributed by atoms with Gasteiger partial charge in [-0.25, -0.2) is 0 Å². The van der Waals surface area contributed by atoms with E-state index in [9.17, 15) is 9.90 Å². The molecule has 0 aliphatic carbocycles. The van der Waals surface area contributed by atoms with E-state index in [1.54, 1.807) is 26.1 Å². The molecule has 0 fully saturated rings. The second-order valence-electron chi connectivity index (χ2n) is 3.91. The predicted octanol–water partition coefficient (Wildman–Crippen LogP) is 1.24. The summed E-state index contributed by atoms with van der Waals surface area (Å²) >= 11 is 0. The molecule has 0 saturated heterocycles. The van der Waals surface area contributed by atoms with Gasteiger partial charge in [0.2, 0.25) is 0 Å². The molecule has 88 valence electrons. The largest absolute Gasteiger partial charge is 0.508 e. The summed E-state index contributed by atoms with van der Waals surface area (Å²) in [6.07, 6.45) is 0.126. The van der Waals surface area contributed by atoms with Crippen LogP contribution >= 0.6 is 0 Å². The average Bonchev–Trinajstić information content (AvgIpc) is 2.24. The first-order valence-corrected chi connectivity index (χ1v) is 5.23. The zero-order chi connectivity index (χ0) is 12.1. The van der Waals surface area contributed by atoms with Crippen molar-refractivity contribution < 1.29 is 15.0 Å². The number of carbonyl (C=O) groups is 1. The molecule has 1 unspecified atom stereocenters. The van der Waals surface area contributed by atoms with Gasteiger partial charge in [-0.3, -0.25) is 4.79 Å². The van der Waals surface area contributed by atoms with E-state index in [1.807, 2.05) is 0 Å². The van der Waals surface area contributed by atoms with Gasteiger partial charge in [0.25, 0.3) is 5.91 Å². The lowest BCUT2D eigenvalue weighted by Gasteiger charge is -2.18. The summed E-state index contributed by atoms with van der Waals surface area (Å²) < 4.78 is 0. The van der Waals surface area contributed by atoms with Crippen molar-refractivity contribution in [1.29, 1.82) is 0 Å². The Kier molecular flexibility index (Phi) is 4.31. The highest BCUT2D eigenvalue weighted by atomic mass is 16.3. The molecule has 1 rings (SSSR count). The predicted molar refractivity (Wildman–Crippen MR) is 61.4 cm³/mol. The normalized spacial score (nSPS) is 12.2. The van der Waals surface area contributed by atoms with Crippen molar-refractivity contribution in [1.82, 2.24) is 4.90 Å². The highest BCUT2D eigenvalue weighted by Crippen LogP contribution is 2.12. The zero-order valence-corrected chi connectivity index (χ0v) is 9.55. The molecule has 0 aliphatic rings. The Bertz CT molecular complexity index is 363. The summed E-state index contributed by atoms with van der Waals surface area (Å²) in [5.74, 6) is -0.0775. The number of nitrogens with zero attached hydrogens (tertiary/aromatic N) is 1. The Hall–Kier alpha value is -1.55. The number of aliphatic hydroxyl groups excluding tert-OH is 1. The van der Waals surface area contributed by atoms with Crippen LogP contribution < -0.4 is 0 Å². The number of phenolic OH excluding ortho intramolecular Hbond substituents is 1. The molecule has 0 spiro atoms. The second-order valence-corrected chi connectivity index (χ2v) is 3.91. The molecule has 0 bridgehead atoms. The third-order valence-corrected chi connectivity index (χ3v) is 2.32. The van der Waals surface area contributed by atoms with Crippen molar-refractivity contribution >= 4 is 5.91 Å². The SMILES string of the molecule is CC(O)CCN(C)C(=O)c1cccc(O)c1. The van der Waals surface area contributed by atoms with E-state index in [-0.39, 0.29) is 11.7 Å². The van der Waals surface area contributed by atoms with Crippen molar-refractivity contribution in [2.75, 3.05) is 13.6 Å². The lowest BCUT2D eigenvalue weighted by atomic mass is 10.2. The number of hydrogen-bond acceptors (Lipinski definition) is 3. The third-order valence-electron chi connectivity index (χ3n) is 2.32. The van der Waals surface area contributed by atoms with E-state index in [1.165, 1.54) is 17.0 Å². The van der Waals surface area contributed by atoms with Crippen LogP contribution in [-0.4, -0.2) is 40.7 Å². The number of phenols is 1. The second kappa shape index (κ2) is 5.51. The van der Waals surface area contributed by atoms with E-state index in [4.69, 9.17) is 5.11 Å². The zero-order valence-electron chi connectivity index (χ0n) is 9.55. The maximum absolute atomic E-state index is 11.8. The first-order chi connectivity index (χ1) is 7.50. The molecule has 0 heterocycles. The van der Waals surface area contributed by atoms with E-state index >= 15 is 0 Å². The van der Waals surface area contributed by atoms with Gasteiger partial charge in [0, 0.05) is 19.2 Å². The van der Waals surface area contributed by atoms with E-state index in [0.717, 1.165) is 0 Å². The van der Waals surface area contributed by atoms with Gasteiger partial charge in [-0.15, -0.1) is 0 Å². The minimum Gasteiger partial charge on any atom is -0.508 e. The van der Waals surface area contributed by atoms with Crippen molar-refractivity contribution in [2.45, 2.75) is 19.4 Å². The van der Waals surface area contributed by atoms with Crippen LogP contribution in [0.15, 0.2) is 24.3 Å². The van der Waals surface area contributed by atoms with E-state index in [0.29, 0.717) is 18.5 Å². The molecule has 0 radical (unpaired) electrons. The summed E-state index contributed by atoms with van der Waals surface area (Å²) in [6.45, 7) is 2.18. The van der Waals surface area contributed by atoms with Crippen LogP contribution in [0.3, 0.4) is 0 Å². The molecule has 1 aromatic rings. The van der Waals surface area contributed by atoms with E-state index < -0.39 is 6.10 Å². The van der Waals surface area contributed by atoms with Gasteiger partial charge in [-0.2, -0.15) is 0 Å². The fourth-order valence-corrected chi connectivity index (χ4v) is 1.34. The van der Waals surface area contributed by atoms with Crippen LogP contribution in [0.5, 0.6) is 5.75 Å². The van der Waals surface area contributed by atoms with Crippen molar-refractivity contribution in [3.8, 4) is 5.75 Å². The number of aliphatic hydroxyl groups is 1. The van der Waals surface area contributed by atoms with Crippen LogP contribution in [0, 0.1) is 0 Å². The van der Waals surface area contributed by atoms with Gasteiger partial charge in [-0.1, -0.05) is 6.07 Å². The molecule has 0 aliphatic heterocycles. The molecule has 1 atom stereocenters. The third kappa shape index (κ3) is 3.55. The molecule has 2 N–H and O–H groups in total. The summed E-state index contributed by atoms with van der Waals surface area (Å²) in [4.78, 5) is 13.4. The van der Waals surface area contributed by atoms with Gasteiger partial charge < -0.3 is 15.1 Å². The van der Waals surface area contributed by atoms with Crippen molar-refractivity contribution in [2.24, 2.45) is 0 Å². The summed E-state index contributed by atoms with van der Waals surface area (Å²) in [5, 5.41) is 18.4. The van der Waals surface area contributed by atoms with Crippen molar-refractivity contribution in [3.05, 3.63) is 29.8 Å². The number of hydrogen-bond donors (Lipinski definition) is 2. The monoisotopic (exact) mass is 223 g/mol. The Morgan fingerprint density at radius 2 is 2.19 bits per heavy atom. The number of rotatable bonds is 4. The van der Waals surface area contributed by atoms with Crippen LogP contribution in [-0.2, 0) is 0 Å². The Morgan fingerprint density at radius 3 is 2.75 bits per heavy atom. The first-order valence-electron chi connectivity index (χ1n) is 5.23. The summed E-state index contributed by atoms with van der Waals surface area (Å²) in [7, 11) is 1.68. The number of carbonyl (C=O) groups excluding carboxylic acids is 1. The van der Waals surface area contributed by atoms with Crippen molar-refractivity contribution in [3.63, 3.8) is 0 Å². The summed E-state index contributed by atoms with van der Waals surface area (Å²) in [6, 6.07) is 6.24. The lowest BCUT2D eigenvalue weighted by Crippen LogP contribution is -2.29. The van der Waals surface area contributed by atoms with Crippen LogP contribution in [0.2, 0.25) is 0 Å². The molecule has 1 amide bonds. The lowest BCUT2D eigenvalue weighted by molar-refractivity contribution is 0.0768. The minimum absolute atomic E-state index is 0.0785. The maximum atomic E-state index is 11.8. The van der Waals surface area contributed by atoms with Crippen LogP contribution in [0.25, 0.3) is 0 Å². The van der Waals surface area contributed by atoms with Crippen LogP contribution in [0.4, 0.5) is 0 Å². The number of benzene rings is 1. The average molecular weight is 223 g/mol. The topological polar surface area (TPSA) is 60.8 Å². The van der Waals surface area contributed by atoms with Crippen LogP contribution in [0.1, 0.15) is 23.7 Å². The molecule has 1 aromatic carbocycles. The standard InChI is InChI=1S/C12H17NO3/c1-9(14)6-7-13(2)12(16)10-4-3-5-11(15)8-10/h3-5,8-9,14-15H,6-7H2,1-2H3. The van der Waals surface area contributed by atoms with Gasteiger partial charge in [-0.05, 0) is 31.5 Å². The number of aromatic hydroxyl groups is 1. The maximum Gasteiger partial charge on any atom is 0.253 e. The Balaban J connectivity index is 2.63. The Labute approximate surface area is 95.1 Å². The van der Waals surface area contributed by atoms with E-state index in [2.05, 4.69) is 0 Å². The molecule has 4 heteroatoms. The molecule has 4 nitrogen and oxygen atoms in total. The van der Waals surface area contributed by atoms with Gasteiger partial charge in [0.15, 0.2) is 0 Å². The fourth-order valence-electron chi connectivity index (χ4n) is 1.34. The highest BCUT2D eigenvalue weighted by Gasteiger charge is 2.12. The minimum atomic E-state index is -0.417. The molecule has 0 aromatic heterocycles. The van der Waals surface area contributed by atoms with Gasteiger partial charge in [0.05, 0.1) is 6.10 Å². The number of amides is 1. The summed E-state index contributed by atoms with van der Waals surface area (Å²) in [5.41, 5.74) is 0.452. The molecule has 0 saturated carbocycles. The fraction of sp³-hybridized carbons (Fsp3) is 0.417. The first kappa shape index (κ1) is 12.5.